The molecule has 2 aromatic carbocycles. The van der Waals surface area contributed by atoms with E-state index in [0.717, 1.165) is 16.3 Å². The number of fused-ring (bicyclic) bond motifs is 1. The zero-order valence-electron chi connectivity index (χ0n) is 12.7. The number of carbonyl (C=O) groups is 2. The predicted molar refractivity (Wildman–Crippen MR) is 95.7 cm³/mol. The van der Waals surface area contributed by atoms with E-state index in [1.807, 2.05) is 24.3 Å². The summed E-state index contributed by atoms with van der Waals surface area (Å²) < 4.78 is 5.12. The van der Waals surface area contributed by atoms with Gasteiger partial charge in [0.15, 0.2) is 6.61 Å². The van der Waals surface area contributed by atoms with Crippen molar-refractivity contribution in [3.63, 3.8) is 0 Å². The molecule has 0 atom stereocenters. The lowest BCUT2D eigenvalue weighted by atomic mass is 10.2. The predicted octanol–water partition coefficient (Wildman–Crippen LogP) is 3.22. The van der Waals surface area contributed by atoms with Gasteiger partial charge in [-0.3, -0.25) is 4.79 Å². The van der Waals surface area contributed by atoms with Crippen molar-refractivity contribution in [3.8, 4) is 0 Å². The number of esters is 1. The van der Waals surface area contributed by atoms with Crippen LogP contribution in [0.1, 0.15) is 10.4 Å². The van der Waals surface area contributed by atoms with Crippen LogP contribution in [0.5, 0.6) is 0 Å². The van der Waals surface area contributed by atoms with Gasteiger partial charge in [-0.2, -0.15) is 0 Å². The summed E-state index contributed by atoms with van der Waals surface area (Å²) in [5.41, 5.74) is 7.07. The number of thioether (sulfide) groups is 1. The van der Waals surface area contributed by atoms with Crippen LogP contribution in [0, 0.1) is 0 Å². The van der Waals surface area contributed by atoms with Crippen LogP contribution in [0.2, 0.25) is 5.02 Å². The number of nitrogens with two attached hydrogens (primary N) is 1. The van der Waals surface area contributed by atoms with Crippen LogP contribution >= 0.6 is 23.4 Å². The van der Waals surface area contributed by atoms with E-state index >= 15 is 0 Å². The molecule has 0 spiro atoms. The average Bonchev–Trinajstić information content (AvgIpc) is 2.61. The first kappa shape index (κ1) is 16.7. The minimum atomic E-state index is -0.605. The van der Waals surface area contributed by atoms with Crippen molar-refractivity contribution in [2.24, 2.45) is 0 Å². The molecular weight excluding hydrogens is 348 g/mol. The number of hydrogen-bond donors (Lipinski definition) is 1. The maximum absolute atomic E-state index is 12.4. The number of hydrogen-bond acceptors (Lipinski definition) is 5. The third-order valence-electron chi connectivity index (χ3n) is 3.59. The second-order valence-corrected chi connectivity index (χ2v) is 6.72. The van der Waals surface area contributed by atoms with Gasteiger partial charge in [0.05, 0.1) is 22.0 Å². The maximum Gasteiger partial charge on any atom is 0.338 e. The van der Waals surface area contributed by atoms with E-state index in [1.54, 1.807) is 16.7 Å². The van der Waals surface area contributed by atoms with E-state index in [-0.39, 0.29) is 18.1 Å². The highest BCUT2D eigenvalue weighted by molar-refractivity contribution is 7.99. The van der Waals surface area contributed by atoms with E-state index in [9.17, 15) is 9.59 Å². The quantitative estimate of drug-likeness (QED) is 0.670. The number of rotatable bonds is 3. The molecule has 0 unspecified atom stereocenters. The van der Waals surface area contributed by atoms with Gasteiger partial charge in [-0.05, 0) is 30.3 Å². The molecule has 0 radical (unpaired) electrons. The van der Waals surface area contributed by atoms with Gasteiger partial charge in [-0.1, -0.05) is 23.7 Å². The number of halogens is 1. The van der Waals surface area contributed by atoms with Gasteiger partial charge in [0.25, 0.3) is 5.91 Å². The second kappa shape index (κ2) is 7.15. The Bertz CT molecular complexity index is 797. The number of para-hydroxylation sites is 1. The highest BCUT2D eigenvalue weighted by Crippen LogP contribution is 2.34. The molecule has 0 bridgehead atoms. The minimum absolute atomic E-state index is 0.252. The first-order valence-electron chi connectivity index (χ1n) is 7.30. The summed E-state index contributed by atoms with van der Waals surface area (Å²) in [6, 6.07) is 12.1. The lowest BCUT2D eigenvalue weighted by Crippen LogP contribution is -2.38. The van der Waals surface area contributed by atoms with E-state index in [4.69, 9.17) is 22.1 Å². The van der Waals surface area contributed by atoms with Crippen LogP contribution in [0.3, 0.4) is 0 Å². The smallest absolute Gasteiger partial charge is 0.338 e. The molecule has 1 aliphatic rings. The van der Waals surface area contributed by atoms with Crippen LogP contribution in [0.4, 0.5) is 11.4 Å². The molecular formula is C17H15ClN2O3S. The number of carbonyl (C=O) groups excluding carboxylic acids is 2. The van der Waals surface area contributed by atoms with Crippen LogP contribution in [-0.4, -0.2) is 30.8 Å². The normalized spacial score (nSPS) is 13.3. The summed E-state index contributed by atoms with van der Waals surface area (Å²) in [6.07, 6.45) is 0. The standard InChI is InChI=1S/C17H15ClN2O3S/c18-12-6-5-11(9-13(12)19)17(22)23-10-16(21)20-7-8-24-15-4-2-1-3-14(15)20/h1-6,9H,7-8,10,19H2. The van der Waals surface area contributed by atoms with Gasteiger partial charge in [-0.15, -0.1) is 11.8 Å². The molecule has 1 amide bonds. The van der Waals surface area contributed by atoms with Crippen molar-refractivity contribution in [1.29, 1.82) is 0 Å². The Balaban J connectivity index is 1.66. The maximum atomic E-state index is 12.4. The summed E-state index contributed by atoms with van der Waals surface area (Å²) in [4.78, 5) is 27.2. The molecule has 124 valence electrons. The van der Waals surface area contributed by atoms with Crippen molar-refractivity contribution >= 4 is 46.6 Å². The average molecular weight is 363 g/mol. The van der Waals surface area contributed by atoms with Crippen molar-refractivity contribution < 1.29 is 14.3 Å². The zero-order chi connectivity index (χ0) is 17.1. The Morgan fingerprint density at radius 1 is 1.25 bits per heavy atom. The van der Waals surface area contributed by atoms with Crippen molar-refractivity contribution in [3.05, 3.63) is 53.1 Å². The van der Waals surface area contributed by atoms with Crippen LogP contribution in [0.15, 0.2) is 47.4 Å². The molecule has 2 aromatic rings. The minimum Gasteiger partial charge on any atom is -0.452 e. The second-order valence-electron chi connectivity index (χ2n) is 5.17. The number of anilines is 2. The molecule has 1 heterocycles. The van der Waals surface area contributed by atoms with Gasteiger partial charge in [0.2, 0.25) is 0 Å². The molecule has 2 N–H and O–H groups in total. The SMILES string of the molecule is Nc1cc(C(=O)OCC(=O)N2CCSc3ccccc32)ccc1Cl. The molecule has 0 fully saturated rings. The number of benzene rings is 2. The largest absolute Gasteiger partial charge is 0.452 e. The Hall–Kier alpha value is -2.18. The summed E-state index contributed by atoms with van der Waals surface area (Å²) in [5, 5.41) is 0.366. The number of nitrogens with zero attached hydrogens (tertiary/aromatic N) is 1. The third kappa shape index (κ3) is 3.49. The Kier molecular flexibility index (Phi) is 4.97. The molecule has 7 heteroatoms. The van der Waals surface area contributed by atoms with Crippen molar-refractivity contribution in [2.75, 3.05) is 29.5 Å². The molecule has 1 aliphatic heterocycles. The molecule has 0 aliphatic carbocycles. The number of ether oxygens (including phenoxy) is 1. The molecule has 0 saturated heterocycles. The van der Waals surface area contributed by atoms with Crippen LogP contribution in [0.25, 0.3) is 0 Å². The molecule has 5 nitrogen and oxygen atoms in total. The summed E-state index contributed by atoms with van der Waals surface area (Å²) in [5.74, 6) is -0.0471. The highest BCUT2D eigenvalue weighted by Gasteiger charge is 2.23. The summed E-state index contributed by atoms with van der Waals surface area (Å²) in [7, 11) is 0. The lowest BCUT2D eigenvalue weighted by molar-refractivity contribution is -0.121. The van der Waals surface area contributed by atoms with Gasteiger partial charge in [0.1, 0.15) is 0 Å². The van der Waals surface area contributed by atoms with Gasteiger partial charge >= 0.3 is 5.97 Å². The number of nitrogen functional groups attached to an aromatic ring is 1. The first-order valence-corrected chi connectivity index (χ1v) is 8.67. The highest BCUT2D eigenvalue weighted by atomic mass is 35.5. The van der Waals surface area contributed by atoms with Crippen LogP contribution < -0.4 is 10.6 Å². The third-order valence-corrected chi connectivity index (χ3v) is 4.98. The van der Waals surface area contributed by atoms with Gasteiger partial charge < -0.3 is 15.4 Å². The number of amides is 1. The van der Waals surface area contributed by atoms with Crippen LogP contribution in [-0.2, 0) is 9.53 Å². The fraction of sp³-hybridized carbons (Fsp3) is 0.176. The fourth-order valence-corrected chi connectivity index (χ4v) is 3.50. The lowest BCUT2D eigenvalue weighted by Gasteiger charge is -2.28. The molecule has 0 aromatic heterocycles. The zero-order valence-corrected chi connectivity index (χ0v) is 14.3. The Morgan fingerprint density at radius 2 is 2.04 bits per heavy atom. The molecule has 24 heavy (non-hydrogen) atoms. The summed E-state index contributed by atoms with van der Waals surface area (Å²) >= 11 is 7.53. The topological polar surface area (TPSA) is 72.6 Å². The van der Waals surface area contributed by atoms with Crippen molar-refractivity contribution in [1.82, 2.24) is 0 Å². The van der Waals surface area contributed by atoms with E-state index in [1.165, 1.54) is 18.2 Å². The fourth-order valence-electron chi connectivity index (χ4n) is 2.39. The Labute approximate surface area is 148 Å². The Morgan fingerprint density at radius 3 is 2.83 bits per heavy atom. The van der Waals surface area contributed by atoms with E-state index in [0.29, 0.717) is 17.3 Å². The first-order chi connectivity index (χ1) is 11.6. The van der Waals surface area contributed by atoms with Crippen molar-refractivity contribution in [2.45, 2.75) is 4.90 Å². The summed E-state index contributed by atoms with van der Waals surface area (Å²) in [6.45, 7) is 0.270. The van der Waals surface area contributed by atoms with E-state index < -0.39 is 5.97 Å². The van der Waals surface area contributed by atoms with Gasteiger partial charge in [0, 0.05) is 17.2 Å². The molecule has 0 saturated carbocycles. The van der Waals surface area contributed by atoms with E-state index in [2.05, 4.69) is 0 Å². The monoisotopic (exact) mass is 362 g/mol. The van der Waals surface area contributed by atoms with Gasteiger partial charge in [-0.25, -0.2) is 4.79 Å². The molecule has 3 rings (SSSR count).